The van der Waals surface area contributed by atoms with E-state index in [1.807, 2.05) is 32.9 Å². The van der Waals surface area contributed by atoms with Gasteiger partial charge in [0, 0.05) is 29.1 Å². The molecule has 1 aromatic heterocycles. The Bertz CT molecular complexity index is 702. The van der Waals surface area contributed by atoms with Crippen molar-refractivity contribution in [2.75, 3.05) is 0 Å². The molecule has 2 aromatic rings. The van der Waals surface area contributed by atoms with Crippen LogP contribution in [-0.2, 0) is 21.5 Å². The summed E-state index contributed by atoms with van der Waals surface area (Å²) in [5, 5.41) is 1.14. The summed E-state index contributed by atoms with van der Waals surface area (Å²) in [4.78, 5) is 12.1. The Balaban J connectivity index is 2.32. The topological polar surface area (TPSA) is 57.2 Å². The van der Waals surface area contributed by atoms with Crippen LogP contribution in [0, 0.1) is 0 Å². The second-order valence-corrected chi connectivity index (χ2v) is 8.06. The van der Waals surface area contributed by atoms with Crippen molar-refractivity contribution in [3.63, 3.8) is 0 Å². The molecule has 4 heteroatoms. The third kappa shape index (κ3) is 4.14. The van der Waals surface area contributed by atoms with Gasteiger partial charge in [0.05, 0.1) is 0 Å². The molecule has 4 nitrogen and oxygen atoms in total. The van der Waals surface area contributed by atoms with Crippen molar-refractivity contribution in [2.24, 2.45) is 5.73 Å². The van der Waals surface area contributed by atoms with Gasteiger partial charge in [-0.2, -0.15) is 0 Å². The Morgan fingerprint density at radius 3 is 2.35 bits per heavy atom. The second kappa shape index (κ2) is 6.00. The van der Waals surface area contributed by atoms with E-state index < -0.39 is 11.6 Å². The zero-order valence-corrected chi connectivity index (χ0v) is 15.0. The first-order valence-electron chi connectivity index (χ1n) is 8.07. The van der Waals surface area contributed by atoms with Crippen LogP contribution >= 0.6 is 0 Å². The molecule has 0 aliphatic carbocycles. The molecule has 2 N–H and O–H groups in total. The molecule has 0 aliphatic heterocycles. The maximum atomic E-state index is 12.1. The molecule has 0 unspecified atom stereocenters. The number of nitrogens with two attached hydrogens (primary N) is 1. The molecule has 1 aromatic carbocycles. The van der Waals surface area contributed by atoms with E-state index >= 15 is 0 Å². The number of carbonyl (C=O) groups is 1. The van der Waals surface area contributed by atoms with E-state index in [1.165, 1.54) is 0 Å². The summed E-state index contributed by atoms with van der Waals surface area (Å²) in [6, 6.07) is 7.56. The molecule has 2 rings (SSSR count). The highest BCUT2D eigenvalue weighted by Crippen LogP contribution is 2.28. The summed E-state index contributed by atoms with van der Waals surface area (Å²) in [6.07, 6.45) is 2.58. The molecular weight excluding hydrogens is 288 g/mol. The molecule has 0 fully saturated rings. The van der Waals surface area contributed by atoms with E-state index in [-0.39, 0.29) is 11.5 Å². The average Bonchev–Trinajstić information content (AvgIpc) is 2.76. The molecule has 0 amide bonds. The number of benzene rings is 1. The van der Waals surface area contributed by atoms with Gasteiger partial charge < -0.3 is 15.0 Å². The van der Waals surface area contributed by atoms with Crippen LogP contribution in [-0.4, -0.2) is 22.2 Å². The Labute approximate surface area is 138 Å². The SMILES string of the molecule is CC(C)(C)OC(=O)[C@@H](N)Cc1cn(C(C)(C)C)c2ccccc12. The fourth-order valence-corrected chi connectivity index (χ4v) is 2.67. The minimum atomic E-state index is -0.659. The van der Waals surface area contributed by atoms with Crippen LogP contribution in [0.25, 0.3) is 10.9 Å². The largest absolute Gasteiger partial charge is 0.459 e. The van der Waals surface area contributed by atoms with Crippen LogP contribution in [0.2, 0.25) is 0 Å². The average molecular weight is 316 g/mol. The smallest absolute Gasteiger partial charge is 0.323 e. The minimum absolute atomic E-state index is 0.0339. The van der Waals surface area contributed by atoms with Crippen molar-refractivity contribution in [2.45, 2.75) is 65.1 Å². The Morgan fingerprint density at radius 1 is 1.17 bits per heavy atom. The van der Waals surface area contributed by atoms with E-state index in [4.69, 9.17) is 10.5 Å². The third-order valence-electron chi connectivity index (χ3n) is 3.67. The predicted molar refractivity (Wildman–Crippen MR) is 94.5 cm³/mol. The van der Waals surface area contributed by atoms with Crippen LogP contribution in [0.3, 0.4) is 0 Å². The molecule has 1 atom stereocenters. The summed E-state index contributed by atoms with van der Waals surface area (Å²) in [7, 11) is 0. The lowest BCUT2D eigenvalue weighted by Crippen LogP contribution is -2.38. The van der Waals surface area contributed by atoms with Gasteiger partial charge in [-0.15, -0.1) is 0 Å². The maximum Gasteiger partial charge on any atom is 0.323 e. The van der Waals surface area contributed by atoms with Gasteiger partial charge in [0.2, 0.25) is 0 Å². The van der Waals surface area contributed by atoms with Crippen molar-refractivity contribution in [1.82, 2.24) is 4.57 Å². The van der Waals surface area contributed by atoms with E-state index in [0.717, 1.165) is 16.5 Å². The van der Waals surface area contributed by atoms with Gasteiger partial charge in [-0.25, -0.2) is 0 Å². The zero-order valence-electron chi connectivity index (χ0n) is 15.0. The quantitative estimate of drug-likeness (QED) is 0.880. The first kappa shape index (κ1) is 17.5. The molecule has 0 aliphatic rings. The third-order valence-corrected chi connectivity index (χ3v) is 3.67. The van der Waals surface area contributed by atoms with Crippen molar-refractivity contribution in [3.05, 3.63) is 36.0 Å². The van der Waals surface area contributed by atoms with Crippen molar-refractivity contribution >= 4 is 16.9 Å². The Morgan fingerprint density at radius 2 is 1.78 bits per heavy atom. The van der Waals surface area contributed by atoms with Gasteiger partial charge in [0.15, 0.2) is 0 Å². The van der Waals surface area contributed by atoms with Gasteiger partial charge in [0.1, 0.15) is 11.6 Å². The number of nitrogens with zero attached hydrogens (tertiary/aromatic N) is 1. The molecule has 0 saturated carbocycles. The van der Waals surface area contributed by atoms with Gasteiger partial charge in [-0.3, -0.25) is 4.79 Å². The Hall–Kier alpha value is -1.81. The number of hydrogen-bond acceptors (Lipinski definition) is 3. The molecule has 126 valence electrons. The maximum absolute atomic E-state index is 12.1. The number of ether oxygens (including phenoxy) is 1. The molecule has 0 bridgehead atoms. The Kier molecular flexibility index (Phi) is 4.58. The zero-order chi connectivity index (χ0) is 17.4. The van der Waals surface area contributed by atoms with Crippen molar-refractivity contribution < 1.29 is 9.53 Å². The second-order valence-electron chi connectivity index (χ2n) is 8.06. The molecular formula is C19H28N2O2. The molecule has 1 heterocycles. The molecule has 0 radical (unpaired) electrons. The standard InChI is InChI=1S/C19H28N2O2/c1-18(2,3)21-12-13(14-9-7-8-10-16(14)21)11-15(20)17(22)23-19(4,5)6/h7-10,12,15H,11,20H2,1-6H3/t15-/m0/s1. The fourth-order valence-electron chi connectivity index (χ4n) is 2.67. The van der Waals surface area contributed by atoms with E-state index in [2.05, 4.69) is 43.7 Å². The van der Waals surface area contributed by atoms with Crippen LogP contribution in [0.15, 0.2) is 30.5 Å². The first-order valence-corrected chi connectivity index (χ1v) is 8.07. The van der Waals surface area contributed by atoms with Crippen LogP contribution in [0.5, 0.6) is 0 Å². The number of hydrogen-bond donors (Lipinski definition) is 1. The van der Waals surface area contributed by atoms with Crippen LogP contribution in [0.1, 0.15) is 47.1 Å². The fraction of sp³-hybridized carbons (Fsp3) is 0.526. The number of carbonyl (C=O) groups excluding carboxylic acids is 1. The lowest BCUT2D eigenvalue weighted by Gasteiger charge is -2.23. The number of fused-ring (bicyclic) bond motifs is 1. The lowest BCUT2D eigenvalue weighted by molar-refractivity contribution is -0.156. The summed E-state index contributed by atoms with van der Waals surface area (Å²) >= 11 is 0. The van der Waals surface area contributed by atoms with Crippen LogP contribution < -0.4 is 5.73 Å². The highest BCUT2D eigenvalue weighted by atomic mass is 16.6. The monoisotopic (exact) mass is 316 g/mol. The van der Waals surface area contributed by atoms with Gasteiger partial charge in [0.25, 0.3) is 0 Å². The number of para-hydroxylation sites is 1. The predicted octanol–water partition coefficient (Wildman–Crippen LogP) is 3.61. The molecule has 23 heavy (non-hydrogen) atoms. The number of aromatic nitrogens is 1. The molecule has 0 saturated heterocycles. The van der Waals surface area contributed by atoms with Gasteiger partial charge in [-0.1, -0.05) is 18.2 Å². The molecule has 0 spiro atoms. The summed E-state index contributed by atoms with van der Waals surface area (Å²) in [5.74, 6) is -0.356. The highest BCUT2D eigenvalue weighted by Gasteiger charge is 2.25. The summed E-state index contributed by atoms with van der Waals surface area (Å²) in [6.45, 7) is 12.0. The lowest BCUT2D eigenvalue weighted by atomic mass is 10.1. The summed E-state index contributed by atoms with van der Waals surface area (Å²) < 4.78 is 7.62. The van der Waals surface area contributed by atoms with Crippen molar-refractivity contribution in [3.8, 4) is 0 Å². The van der Waals surface area contributed by atoms with Gasteiger partial charge in [-0.05, 0) is 53.2 Å². The number of esters is 1. The normalized spacial score (nSPS) is 14.0. The van der Waals surface area contributed by atoms with E-state index in [0.29, 0.717) is 6.42 Å². The van der Waals surface area contributed by atoms with Crippen molar-refractivity contribution in [1.29, 1.82) is 0 Å². The minimum Gasteiger partial charge on any atom is -0.459 e. The van der Waals surface area contributed by atoms with Gasteiger partial charge >= 0.3 is 5.97 Å². The van der Waals surface area contributed by atoms with E-state index in [9.17, 15) is 4.79 Å². The summed E-state index contributed by atoms with van der Waals surface area (Å²) in [5.41, 5.74) is 7.76. The van der Waals surface area contributed by atoms with Crippen LogP contribution in [0.4, 0.5) is 0 Å². The number of rotatable bonds is 3. The van der Waals surface area contributed by atoms with E-state index in [1.54, 1.807) is 0 Å². The highest BCUT2D eigenvalue weighted by molar-refractivity contribution is 5.85. The first-order chi connectivity index (χ1) is 10.5.